The Labute approximate surface area is 114 Å². The summed E-state index contributed by atoms with van der Waals surface area (Å²) in [7, 11) is 3.99. The van der Waals surface area contributed by atoms with Gasteiger partial charge in [0.15, 0.2) is 0 Å². The molecule has 1 atom stereocenters. The van der Waals surface area contributed by atoms with Crippen molar-refractivity contribution in [1.82, 2.24) is 10.2 Å². The number of rotatable bonds is 9. The van der Waals surface area contributed by atoms with E-state index >= 15 is 0 Å². The molecule has 3 nitrogen and oxygen atoms in total. The number of nitrogens with zero attached hydrogens (tertiary/aromatic N) is 1. The quantitative estimate of drug-likeness (QED) is 0.741. The fraction of sp³-hybridized carbons (Fsp3) is 0.714. The average molecular weight is 268 g/mol. The standard InChI is InChI=1S/C14H24N2OS/c1-16(8-7-14-4-3-9-18-14)13(11-17-2)10-15-12-5-6-12/h3-4,9,12-13,15H,5-8,10-11H2,1-2H3. The van der Waals surface area contributed by atoms with E-state index in [4.69, 9.17) is 4.74 Å². The number of methoxy groups -OCH3 is 1. The Kier molecular flexibility index (Phi) is 5.63. The van der Waals surface area contributed by atoms with Crippen LogP contribution in [0.5, 0.6) is 0 Å². The van der Waals surface area contributed by atoms with E-state index in [1.54, 1.807) is 7.11 Å². The number of likely N-dealkylation sites (N-methyl/N-ethyl adjacent to an activating group) is 1. The molecule has 1 heterocycles. The molecule has 1 fully saturated rings. The molecule has 0 spiro atoms. The van der Waals surface area contributed by atoms with Crippen molar-refractivity contribution in [3.8, 4) is 0 Å². The predicted molar refractivity (Wildman–Crippen MR) is 77.3 cm³/mol. The van der Waals surface area contributed by atoms with Crippen molar-refractivity contribution in [3.63, 3.8) is 0 Å². The lowest BCUT2D eigenvalue weighted by Gasteiger charge is -2.27. The van der Waals surface area contributed by atoms with E-state index in [-0.39, 0.29) is 0 Å². The minimum Gasteiger partial charge on any atom is -0.383 e. The van der Waals surface area contributed by atoms with E-state index in [0.717, 1.165) is 32.2 Å². The molecule has 1 aromatic heterocycles. The van der Waals surface area contributed by atoms with Gasteiger partial charge in [0.2, 0.25) is 0 Å². The van der Waals surface area contributed by atoms with Gasteiger partial charge < -0.3 is 10.1 Å². The second-order valence-corrected chi connectivity index (χ2v) is 6.13. The van der Waals surface area contributed by atoms with Crippen LogP contribution < -0.4 is 5.32 Å². The lowest BCUT2D eigenvalue weighted by atomic mass is 10.2. The third kappa shape index (κ3) is 4.69. The topological polar surface area (TPSA) is 24.5 Å². The van der Waals surface area contributed by atoms with E-state index in [1.165, 1.54) is 17.7 Å². The third-order valence-corrected chi connectivity index (χ3v) is 4.43. The highest BCUT2D eigenvalue weighted by atomic mass is 32.1. The molecule has 1 N–H and O–H groups in total. The summed E-state index contributed by atoms with van der Waals surface area (Å²) >= 11 is 1.84. The van der Waals surface area contributed by atoms with Crippen LogP contribution >= 0.6 is 11.3 Å². The molecule has 1 aromatic rings. The predicted octanol–water partition coefficient (Wildman–Crippen LogP) is 1.99. The van der Waals surface area contributed by atoms with E-state index in [9.17, 15) is 0 Å². The maximum Gasteiger partial charge on any atom is 0.0630 e. The summed E-state index contributed by atoms with van der Waals surface area (Å²) in [5.74, 6) is 0. The van der Waals surface area contributed by atoms with Gasteiger partial charge in [0, 0.05) is 37.2 Å². The van der Waals surface area contributed by atoms with Gasteiger partial charge in [-0.3, -0.25) is 4.90 Å². The molecule has 2 rings (SSSR count). The fourth-order valence-electron chi connectivity index (χ4n) is 2.05. The molecule has 18 heavy (non-hydrogen) atoms. The highest BCUT2D eigenvalue weighted by molar-refractivity contribution is 7.09. The Balaban J connectivity index is 1.72. The van der Waals surface area contributed by atoms with Crippen molar-refractivity contribution in [2.45, 2.75) is 31.3 Å². The van der Waals surface area contributed by atoms with Gasteiger partial charge in [0.05, 0.1) is 6.61 Å². The van der Waals surface area contributed by atoms with Crippen LogP contribution in [-0.2, 0) is 11.2 Å². The normalized spacial score (nSPS) is 17.3. The van der Waals surface area contributed by atoms with Crippen LogP contribution in [0.4, 0.5) is 0 Å². The fourth-order valence-corrected chi connectivity index (χ4v) is 2.75. The zero-order valence-corrected chi connectivity index (χ0v) is 12.2. The first kappa shape index (κ1) is 14.0. The van der Waals surface area contributed by atoms with Crippen LogP contribution in [0.3, 0.4) is 0 Å². The lowest BCUT2D eigenvalue weighted by molar-refractivity contribution is 0.106. The average Bonchev–Trinajstić information content (AvgIpc) is 3.05. The summed E-state index contributed by atoms with van der Waals surface area (Å²) in [6, 6.07) is 5.60. The van der Waals surface area contributed by atoms with Gasteiger partial charge in [-0.1, -0.05) is 6.07 Å². The van der Waals surface area contributed by atoms with Crippen LogP contribution in [-0.4, -0.2) is 50.8 Å². The molecule has 0 saturated heterocycles. The summed E-state index contributed by atoms with van der Waals surface area (Å²) in [5.41, 5.74) is 0. The molecule has 4 heteroatoms. The molecule has 0 amide bonds. The molecule has 1 saturated carbocycles. The Hall–Kier alpha value is -0.420. The molecule has 1 unspecified atom stereocenters. The first-order chi connectivity index (χ1) is 8.79. The molecule has 102 valence electrons. The molecule has 0 aromatic carbocycles. The van der Waals surface area contributed by atoms with Gasteiger partial charge in [0.25, 0.3) is 0 Å². The van der Waals surface area contributed by atoms with Crippen LogP contribution in [0, 0.1) is 0 Å². The second kappa shape index (κ2) is 7.24. The summed E-state index contributed by atoms with van der Waals surface area (Å²) in [6.07, 6.45) is 3.83. The number of hydrogen-bond donors (Lipinski definition) is 1. The van der Waals surface area contributed by atoms with Crippen LogP contribution in [0.1, 0.15) is 17.7 Å². The van der Waals surface area contributed by atoms with Gasteiger partial charge in [-0.2, -0.15) is 0 Å². The Bertz CT molecular complexity index is 325. The molecule has 1 aliphatic rings. The monoisotopic (exact) mass is 268 g/mol. The minimum absolute atomic E-state index is 0.482. The first-order valence-corrected chi connectivity index (χ1v) is 7.62. The number of hydrogen-bond acceptors (Lipinski definition) is 4. The highest BCUT2D eigenvalue weighted by Crippen LogP contribution is 2.18. The SMILES string of the molecule is COCC(CNC1CC1)N(C)CCc1cccs1. The maximum absolute atomic E-state index is 5.34. The maximum atomic E-state index is 5.34. The summed E-state index contributed by atoms with van der Waals surface area (Å²) < 4.78 is 5.34. The Morgan fingerprint density at radius 2 is 2.39 bits per heavy atom. The minimum atomic E-state index is 0.482. The van der Waals surface area contributed by atoms with Crippen molar-refractivity contribution < 1.29 is 4.74 Å². The second-order valence-electron chi connectivity index (χ2n) is 5.10. The van der Waals surface area contributed by atoms with Gasteiger partial charge >= 0.3 is 0 Å². The first-order valence-electron chi connectivity index (χ1n) is 6.74. The zero-order chi connectivity index (χ0) is 12.8. The van der Waals surface area contributed by atoms with Crippen molar-refractivity contribution in [3.05, 3.63) is 22.4 Å². The number of ether oxygens (including phenoxy) is 1. The molecule has 0 aliphatic heterocycles. The molecular formula is C14H24N2OS. The number of nitrogens with one attached hydrogen (secondary N) is 1. The van der Waals surface area contributed by atoms with Crippen LogP contribution in [0.15, 0.2) is 17.5 Å². The molecule has 0 bridgehead atoms. The largest absolute Gasteiger partial charge is 0.383 e. The van der Waals surface area contributed by atoms with Gasteiger partial charge in [-0.15, -0.1) is 11.3 Å². The van der Waals surface area contributed by atoms with Crippen molar-refractivity contribution in [2.75, 3.05) is 33.9 Å². The van der Waals surface area contributed by atoms with Crippen LogP contribution in [0.25, 0.3) is 0 Å². The lowest BCUT2D eigenvalue weighted by Crippen LogP contribution is -2.44. The van der Waals surface area contributed by atoms with E-state index in [0.29, 0.717) is 6.04 Å². The Morgan fingerprint density at radius 1 is 1.56 bits per heavy atom. The van der Waals surface area contributed by atoms with Crippen LogP contribution in [0.2, 0.25) is 0 Å². The molecular weight excluding hydrogens is 244 g/mol. The van der Waals surface area contributed by atoms with Crippen molar-refractivity contribution in [2.24, 2.45) is 0 Å². The summed E-state index contributed by atoms with van der Waals surface area (Å²) in [6.45, 7) is 2.95. The van der Waals surface area contributed by atoms with Gasteiger partial charge in [-0.25, -0.2) is 0 Å². The summed E-state index contributed by atoms with van der Waals surface area (Å²) in [4.78, 5) is 3.88. The zero-order valence-electron chi connectivity index (χ0n) is 11.4. The molecule has 0 radical (unpaired) electrons. The highest BCUT2D eigenvalue weighted by Gasteiger charge is 2.23. The summed E-state index contributed by atoms with van der Waals surface area (Å²) in [5, 5.41) is 5.75. The van der Waals surface area contributed by atoms with Crippen molar-refractivity contribution >= 4 is 11.3 Å². The third-order valence-electron chi connectivity index (χ3n) is 3.49. The Morgan fingerprint density at radius 3 is 3.00 bits per heavy atom. The molecule has 1 aliphatic carbocycles. The number of thiophene rings is 1. The van der Waals surface area contributed by atoms with E-state index < -0.39 is 0 Å². The van der Waals surface area contributed by atoms with E-state index in [2.05, 4.69) is 34.8 Å². The van der Waals surface area contributed by atoms with Gasteiger partial charge in [-0.05, 0) is 37.8 Å². The van der Waals surface area contributed by atoms with E-state index in [1.807, 2.05) is 11.3 Å². The smallest absolute Gasteiger partial charge is 0.0630 e. The van der Waals surface area contributed by atoms with Crippen molar-refractivity contribution in [1.29, 1.82) is 0 Å². The van der Waals surface area contributed by atoms with Gasteiger partial charge in [0.1, 0.15) is 0 Å².